The molecule has 1 saturated carbocycles. The zero-order valence-corrected chi connectivity index (χ0v) is 25.6. The summed E-state index contributed by atoms with van der Waals surface area (Å²) in [5, 5.41) is 7.46. The molecule has 0 aliphatic heterocycles. The second-order valence-corrected chi connectivity index (χ2v) is 13.4. The minimum absolute atomic E-state index is 0.0226. The van der Waals surface area contributed by atoms with Crippen LogP contribution < -0.4 is 10.2 Å². The predicted molar refractivity (Wildman–Crippen MR) is 163 cm³/mol. The summed E-state index contributed by atoms with van der Waals surface area (Å²) in [5.41, 5.74) is 1.18. The molecule has 13 heteroatoms. The minimum Gasteiger partial charge on any atom is -0.392 e. The predicted octanol–water partition coefficient (Wildman–Crippen LogP) is 3.80. The number of carbonyl (C=O) groups excluding carboxylic acids is 1. The number of nitrogens with zero attached hydrogens (tertiary/aromatic N) is 5. The van der Waals surface area contributed by atoms with Crippen LogP contribution >= 0.6 is 11.3 Å². The van der Waals surface area contributed by atoms with E-state index in [1.807, 2.05) is 33.3 Å². The van der Waals surface area contributed by atoms with Crippen LogP contribution in [-0.2, 0) is 24.2 Å². The summed E-state index contributed by atoms with van der Waals surface area (Å²) in [6.45, 7) is 2.08. The van der Waals surface area contributed by atoms with Gasteiger partial charge in [-0.1, -0.05) is 28.6 Å². The van der Waals surface area contributed by atoms with E-state index in [2.05, 4.69) is 25.3 Å². The van der Waals surface area contributed by atoms with Crippen LogP contribution in [0.1, 0.15) is 37.7 Å². The van der Waals surface area contributed by atoms with Crippen molar-refractivity contribution in [1.82, 2.24) is 14.9 Å². The highest BCUT2D eigenvalue weighted by Crippen LogP contribution is 2.27. The molecule has 11 nitrogen and oxygen atoms in total. The number of ether oxygens (including phenoxy) is 1. The topological polar surface area (TPSA) is 126 Å². The number of methoxy groups -OCH3 is 1. The summed E-state index contributed by atoms with van der Waals surface area (Å²) in [7, 11) is 4.11. The Bertz CT molecular complexity index is 1450. The van der Waals surface area contributed by atoms with Gasteiger partial charge >= 0.3 is 0 Å². The molecule has 1 aliphatic rings. The molecule has 222 valence electrons. The van der Waals surface area contributed by atoms with Gasteiger partial charge in [-0.15, -0.1) is 0 Å². The first-order valence-electron chi connectivity index (χ1n) is 13.7. The van der Waals surface area contributed by atoms with E-state index >= 15 is 0 Å². The number of aromatic nitrogens is 2. The maximum atomic E-state index is 13.5. The molecule has 0 spiro atoms. The van der Waals surface area contributed by atoms with Crippen LogP contribution in [0.25, 0.3) is 10.3 Å². The summed E-state index contributed by atoms with van der Waals surface area (Å²) in [4.78, 5) is 33.5. The standard InChI is InChI=1S/C28H38N6O5S2/c1-33(2)16-17-34(3)24-15-14-23-27(30-24)40-28(29-23)31-26(35)25(32-39-21-8-5-6-9-21)20-10-12-22(13-11-20)41(36,37)19-7-18-38-4/h10-15,21H,5-9,16-19H2,1-4H3,(H,29,31,35)/b32-25+. The zero-order chi connectivity index (χ0) is 29.4. The first-order valence-corrected chi connectivity index (χ1v) is 16.1. The molecule has 0 saturated heterocycles. The average molecular weight is 603 g/mol. The third kappa shape index (κ3) is 8.44. The first kappa shape index (κ1) is 30.8. The van der Waals surface area contributed by atoms with Gasteiger partial charge in [0.2, 0.25) is 0 Å². The van der Waals surface area contributed by atoms with Gasteiger partial charge < -0.3 is 19.4 Å². The van der Waals surface area contributed by atoms with E-state index in [1.165, 1.54) is 30.6 Å². The lowest BCUT2D eigenvalue weighted by molar-refractivity contribution is -0.110. The van der Waals surface area contributed by atoms with Gasteiger partial charge in [0, 0.05) is 39.4 Å². The molecular weight excluding hydrogens is 564 g/mol. The van der Waals surface area contributed by atoms with Crippen LogP contribution in [0.5, 0.6) is 0 Å². The van der Waals surface area contributed by atoms with Gasteiger partial charge in [-0.2, -0.15) is 0 Å². The molecule has 1 aliphatic carbocycles. The van der Waals surface area contributed by atoms with Crippen molar-refractivity contribution in [1.29, 1.82) is 0 Å². The number of fused-ring (bicyclic) bond motifs is 1. The highest BCUT2D eigenvalue weighted by Gasteiger charge is 2.22. The molecule has 0 radical (unpaired) electrons. The minimum atomic E-state index is -3.47. The maximum Gasteiger partial charge on any atom is 0.280 e. The Morgan fingerprint density at radius 2 is 1.80 bits per heavy atom. The molecule has 0 unspecified atom stereocenters. The molecule has 4 rings (SSSR count). The quantitative estimate of drug-likeness (QED) is 0.167. The van der Waals surface area contributed by atoms with Gasteiger partial charge in [-0.3, -0.25) is 10.1 Å². The van der Waals surface area contributed by atoms with E-state index in [-0.39, 0.29) is 22.5 Å². The van der Waals surface area contributed by atoms with Gasteiger partial charge in [-0.25, -0.2) is 18.4 Å². The number of nitrogens with one attached hydrogen (secondary N) is 1. The first-order chi connectivity index (χ1) is 19.7. The molecule has 0 bridgehead atoms. The van der Waals surface area contributed by atoms with E-state index in [4.69, 9.17) is 14.6 Å². The van der Waals surface area contributed by atoms with Gasteiger partial charge in [0.15, 0.2) is 20.7 Å². The molecule has 2 heterocycles. The summed E-state index contributed by atoms with van der Waals surface area (Å²) < 4.78 is 30.3. The molecular formula is C28H38N6O5S2. The highest BCUT2D eigenvalue weighted by molar-refractivity contribution is 7.91. The van der Waals surface area contributed by atoms with Gasteiger partial charge in [-0.05, 0) is 70.5 Å². The van der Waals surface area contributed by atoms with Crippen molar-refractivity contribution in [2.45, 2.75) is 43.1 Å². The van der Waals surface area contributed by atoms with E-state index in [9.17, 15) is 13.2 Å². The zero-order valence-electron chi connectivity index (χ0n) is 24.0. The summed E-state index contributed by atoms with van der Waals surface area (Å²) >= 11 is 1.28. The third-order valence-corrected chi connectivity index (χ3v) is 9.49. The Kier molecular flexibility index (Phi) is 10.6. The molecule has 1 N–H and O–H groups in total. The number of sulfone groups is 1. The summed E-state index contributed by atoms with van der Waals surface area (Å²) in [6, 6.07) is 9.94. The summed E-state index contributed by atoms with van der Waals surface area (Å²) in [5.74, 6) is 0.303. The molecule has 0 atom stereocenters. The molecule has 2 aromatic heterocycles. The van der Waals surface area contributed by atoms with Crippen LogP contribution in [0.3, 0.4) is 0 Å². The van der Waals surface area contributed by atoms with E-state index in [1.54, 1.807) is 12.1 Å². The molecule has 1 aromatic carbocycles. The lowest BCUT2D eigenvalue weighted by Gasteiger charge is -2.20. The second kappa shape index (κ2) is 14.2. The lowest BCUT2D eigenvalue weighted by atomic mass is 10.1. The SMILES string of the molecule is COCCCS(=O)(=O)c1ccc(/C(=N\OC2CCCC2)C(=O)Nc2nc3ccc(N(C)CCN(C)C)nc3s2)cc1. The Hall–Kier alpha value is -3.13. The maximum absolute atomic E-state index is 13.5. The van der Waals surface area contributed by atoms with Crippen molar-refractivity contribution in [2.24, 2.45) is 5.16 Å². The van der Waals surface area contributed by atoms with Crippen molar-refractivity contribution in [3.8, 4) is 0 Å². The van der Waals surface area contributed by atoms with Crippen molar-refractivity contribution < 1.29 is 22.8 Å². The van der Waals surface area contributed by atoms with Crippen LogP contribution in [-0.4, -0.2) is 94.7 Å². The number of hydrogen-bond acceptors (Lipinski definition) is 11. The smallest absolute Gasteiger partial charge is 0.280 e. The lowest BCUT2D eigenvalue weighted by Crippen LogP contribution is -2.28. The number of benzene rings is 1. The number of amides is 1. The van der Waals surface area contributed by atoms with Gasteiger partial charge in [0.05, 0.1) is 10.6 Å². The fourth-order valence-corrected chi connectivity index (χ4v) is 6.48. The number of pyridine rings is 1. The van der Waals surface area contributed by atoms with Crippen LogP contribution in [0.15, 0.2) is 46.4 Å². The van der Waals surface area contributed by atoms with Crippen molar-refractivity contribution in [3.63, 3.8) is 0 Å². The normalized spacial score (nSPS) is 14.6. The van der Waals surface area contributed by atoms with Crippen molar-refractivity contribution >= 4 is 54.1 Å². The largest absolute Gasteiger partial charge is 0.392 e. The average Bonchev–Trinajstić information content (AvgIpc) is 3.61. The molecule has 1 amide bonds. The van der Waals surface area contributed by atoms with Gasteiger partial charge in [0.1, 0.15) is 22.3 Å². The fourth-order valence-electron chi connectivity index (χ4n) is 4.37. The number of rotatable bonds is 14. The van der Waals surface area contributed by atoms with Crippen LogP contribution in [0.4, 0.5) is 10.9 Å². The number of likely N-dealkylation sites (N-methyl/N-ethyl adjacent to an activating group) is 2. The Morgan fingerprint density at radius 3 is 2.49 bits per heavy atom. The third-order valence-electron chi connectivity index (χ3n) is 6.79. The molecule has 41 heavy (non-hydrogen) atoms. The van der Waals surface area contributed by atoms with E-state index in [0.29, 0.717) is 34.1 Å². The van der Waals surface area contributed by atoms with Gasteiger partial charge in [0.25, 0.3) is 5.91 Å². The Balaban J connectivity index is 1.53. The number of anilines is 2. The number of hydrogen-bond donors (Lipinski definition) is 1. The Morgan fingerprint density at radius 1 is 1.07 bits per heavy atom. The Labute approximate surface area is 245 Å². The van der Waals surface area contributed by atoms with Crippen molar-refractivity contribution in [3.05, 3.63) is 42.0 Å². The second-order valence-electron chi connectivity index (χ2n) is 10.3. The fraction of sp³-hybridized carbons (Fsp3) is 0.500. The number of thiazole rings is 1. The number of oxime groups is 1. The van der Waals surface area contributed by atoms with Crippen molar-refractivity contribution in [2.75, 3.05) is 63.9 Å². The van der Waals surface area contributed by atoms with Crippen LogP contribution in [0, 0.1) is 0 Å². The molecule has 3 aromatic rings. The molecule has 1 fully saturated rings. The number of carbonyl (C=O) groups is 1. The summed E-state index contributed by atoms with van der Waals surface area (Å²) in [6.07, 6.45) is 4.23. The highest BCUT2D eigenvalue weighted by atomic mass is 32.2. The van der Waals surface area contributed by atoms with Crippen LogP contribution in [0.2, 0.25) is 0 Å². The monoisotopic (exact) mass is 602 g/mol. The van der Waals surface area contributed by atoms with E-state index in [0.717, 1.165) is 44.6 Å². The van der Waals surface area contributed by atoms with E-state index < -0.39 is 15.7 Å².